The second-order valence-electron chi connectivity index (χ2n) is 17.1. The molecule has 0 aromatic rings. The summed E-state index contributed by atoms with van der Waals surface area (Å²) in [6.07, 6.45) is 48.8. The van der Waals surface area contributed by atoms with Crippen LogP contribution < -0.4 is 0 Å². The molecule has 0 saturated heterocycles. The summed E-state index contributed by atoms with van der Waals surface area (Å²) in [4.78, 5) is 35.4. The maximum atomic E-state index is 12.7. The molecule has 0 bridgehead atoms. The van der Waals surface area contributed by atoms with E-state index in [1.807, 2.05) is 21.1 Å². The lowest BCUT2D eigenvalue weighted by atomic mass is 10.0. The second-order valence-corrected chi connectivity index (χ2v) is 18.6. The number of hydrogen-bond donors (Lipinski definition) is 1. The van der Waals surface area contributed by atoms with Gasteiger partial charge in [0.25, 0.3) is 0 Å². The molecule has 0 radical (unpaired) electrons. The Bertz CT molecular complexity index is 1150. The van der Waals surface area contributed by atoms with Crippen LogP contribution in [-0.4, -0.2) is 74.9 Å². The molecule has 1 unspecified atom stereocenters. The Morgan fingerprint density at radius 2 is 0.932 bits per heavy atom. The maximum Gasteiger partial charge on any atom is 0.472 e. The van der Waals surface area contributed by atoms with Gasteiger partial charge in [-0.05, 0) is 51.4 Å². The number of esters is 2. The molecule has 0 rings (SSSR count). The van der Waals surface area contributed by atoms with E-state index in [-0.39, 0.29) is 26.1 Å². The van der Waals surface area contributed by atoms with Gasteiger partial charge in [0.2, 0.25) is 0 Å². The molecule has 0 heterocycles. The van der Waals surface area contributed by atoms with E-state index >= 15 is 0 Å². The molecule has 0 aromatic carbocycles. The van der Waals surface area contributed by atoms with Crippen LogP contribution in [0.25, 0.3) is 0 Å². The predicted octanol–water partition coefficient (Wildman–Crippen LogP) is 13.9. The summed E-state index contributed by atoms with van der Waals surface area (Å²) in [5.74, 6) is -0.859. The van der Waals surface area contributed by atoms with Gasteiger partial charge in [0, 0.05) is 12.8 Å². The number of unbranched alkanes of at least 4 members (excludes halogenated alkanes) is 21. The number of quaternary nitrogens is 1. The second kappa shape index (κ2) is 41.3. The molecular formula is C49H91NO8P+. The first-order valence-electron chi connectivity index (χ1n) is 23.9. The van der Waals surface area contributed by atoms with E-state index in [0.29, 0.717) is 23.9 Å². The van der Waals surface area contributed by atoms with Gasteiger partial charge in [0.15, 0.2) is 6.10 Å². The molecule has 0 aliphatic heterocycles. The first-order valence-corrected chi connectivity index (χ1v) is 25.4. The molecule has 9 nitrogen and oxygen atoms in total. The summed E-state index contributed by atoms with van der Waals surface area (Å²) in [7, 11) is 1.45. The van der Waals surface area contributed by atoms with Gasteiger partial charge in [0.05, 0.1) is 27.7 Å². The number of rotatable bonds is 43. The quantitative estimate of drug-likeness (QED) is 0.0212. The molecule has 0 aliphatic rings. The largest absolute Gasteiger partial charge is 0.472 e. The lowest BCUT2D eigenvalue weighted by Crippen LogP contribution is -2.37. The number of carbonyl (C=O) groups excluding carboxylic acids is 2. The molecule has 0 aromatic heterocycles. The molecule has 0 saturated carbocycles. The zero-order valence-corrected chi connectivity index (χ0v) is 39.6. The molecule has 1 N–H and O–H groups in total. The number of hydrogen-bond acceptors (Lipinski definition) is 7. The van der Waals surface area contributed by atoms with Gasteiger partial charge in [-0.3, -0.25) is 18.6 Å². The van der Waals surface area contributed by atoms with Crippen LogP contribution in [0, 0.1) is 0 Å². The normalized spacial score (nSPS) is 13.9. The Morgan fingerprint density at radius 1 is 0.525 bits per heavy atom. The predicted molar refractivity (Wildman–Crippen MR) is 247 cm³/mol. The summed E-state index contributed by atoms with van der Waals surface area (Å²) in [5.41, 5.74) is 0. The van der Waals surface area contributed by atoms with Crippen LogP contribution in [0.15, 0.2) is 48.6 Å². The van der Waals surface area contributed by atoms with Crippen LogP contribution >= 0.6 is 7.82 Å². The number of phosphoric acid groups is 1. The maximum absolute atomic E-state index is 12.7. The monoisotopic (exact) mass is 853 g/mol. The van der Waals surface area contributed by atoms with Crippen molar-refractivity contribution in [3.05, 3.63) is 48.6 Å². The smallest absolute Gasteiger partial charge is 0.462 e. The number of ether oxygens (including phenoxy) is 2. The fourth-order valence-electron chi connectivity index (χ4n) is 6.36. The fourth-order valence-corrected chi connectivity index (χ4v) is 7.10. The van der Waals surface area contributed by atoms with Crippen LogP contribution in [0.4, 0.5) is 0 Å². The Morgan fingerprint density at radius 3 is 1.41 bits per heavy atom. The highest BCUT2D eigenvalue weighted by Crippen LogP contribution is 2.43. The van der Waals surface area contributed by atoms with Crippen LogP contribution in [0.3, 0.4) is 0 Å². The number of allylic oxidation sites excluding steroid dienone is 8. The average molecular weight is 853 g/mol. The van der Waals surface area contributed by atoms with Crippen molar-refractivity contribution in [3.8, 4) is 0 Å². The van der Waals surface area contributed by atoms with Crippen molar-refractivity contribution in [3.63, 3.8) is 0 Å². The van der Waals surface area contributed by atoms with Gasteiger partial charge in [-0.15, -0.1) is 0 Å². The number of carbonyl (C=O) groups is 2. The Hall–Kier alpha value is -2.03. The molecule has 0 amide bonds. The van der Waals surface area contributed by atoms with Crippen LogP contribution in [0.2, 0.25) is 0 Å². The van der Waals surface area contributed by atoms with E-state index in [2.05, 4.69) is 62.5 Å². The summed E-state index contributed by atoms with van der Waals surface area (Å²) >= 11 is 0. The molecule has 0 fully saturated rings. The van der Waals surface area contributed by atoms with Gasteiger partial charge in [-0.1, -0.05) is 184 Å². The van der Waals surface area contributed by atoms with Crippen LogP contribution in [0.1, 0.15) is 200 Å². The summed E-state index contributed by atoms with van der Waals surface area (Å²) in [5, 5.41) is 0. The van der Waals surface area contributed by atoms with E-state index in [0.717, 1.165) is 38.5 Å². The third-order valence-corrected chi connectivity index (χ3v) is 11.1. The summed E-state index contributed by atoms with van der Waals surface area (Å²) in [6.45, 7) is 4.35. The molecule has 0 aliphatic carbocycles. The number of likely N-dealkylation sites (N-methyl/N-ethyl adjacent to an activating group) is 1. The van der Waals surface area contributed by atoms with E-state index in [9.17, 15) is 19.0 Å². The van der Waals surface area contributed by atoms with Crippen molar-refractivity contribution < 1.29 is 42.1 Å². The Kier molecular flexibility index (Phi) is 39.9. The Labute approximate surface area is 363 Å². The van der Waals surface area contributed by atoms with Crippen molar-refractivity contribution in [1.29, 1.82) is 0 Å². The average Bonchev–Trinajstić information content (AvgIpc) is 3.19. The lowest BCUT2D eigenvalue weighted by Gasteiger charge is -2.24. The third kappa shape index (κ3) is 45.3. The van der Waals surface area contributed by atoms with E-state index in [1.165, 1.54) is 122 Å². The number of nitrogens with zero attached hydrogens (tertiary/aromatic N) is 1. The van der Waals surface area contributed by atoms with Crippen LogP contribution in [0.5, 0.6) is 0 Å². The zero-order chi connectivity index (χ0) is 43.6. The highest BCUT2D eigenvalue weighted by Gasteiger charge is 2.27. The molecule has 344 valence electrons. The van der Waals surface area contributed by atoms with Crippen molar-refractivity contribution in [2.24, 2.45) is 0 Å². The fraction of sp³-hybridized carbons (Fsp3) is 0.796. The van der Waals surface area contributed by atoms with Crippen molar-refractivity contribution in [2.75, 3.05) is 47.5 Å². The van der Waals surface area contributed by atoms with E-state index < -0.39 is 32.5 Å². The minimum absolute atomic E-state index is 0.0233. The van der Waals surface area contributed by atoms with Gasteiger partial charge < -0.3 is 18.9 Å². The first kappa shape index (κ1) is 57.0. The lowest BCUT2D eigenvalue weighted by molar-refractivity contribution is -0.870. The standard InChI is InChI=1S/C49H90NO8P/c1-6-8-10-12-14-16-18-20-22-24-26-28-30-32-34-36-38-40-42-49(52)58-47(46-57-59(53,54)56-44-43-50(3,4)5)45-55-48(51)41-39-37-35-33-31-29-27-25-23-21-19-17-15-13-11-9-7-2/h15,17,21,23,27,29,33,35,47H,6-14,16,18-20,22,24-26,28,30-32,34,36-46H2,1-5H3/p+1/b17-15-,23-21-,29-27-,35-33-/t47-/m1/s1. The number of phosphoric ester groups is 1. The SMILES string of the molecule is CCCCC/C=C\C/C=C\C/C=C\C/C=C\CCCC(=O)OC[C@H](COP(=O)(O)OCC[N+](C)(C)C)OC(=O)CCCCCCCCCCCCCCCCCCCC. The van der Waals surface area contributed by atoms with Gasteiger partial charge in [0.1, 0.15) is 19.8 Å². The summed E-state index contributed by atoms with van der Waals surface area (Å²) in [6, 6.07) is 0. The van der Waals surface area contributed by atoms with Gasteiger partial charge >= 0.3 is 19.8 Å². The molecular weight excluding hydrogens is 762 g/mol. The highest BCUT2D eigenvalue weighted by atomic mass is 31.2. The van der Waals surface area contributed by atoms with Crippen molar-refractivity contribution >= 4 is 19.8 Å². The Balaban J connectivity index is 4.38. The zero-order valence-electron chi connectivity index (χ0n) is 38.7. The van der Waals surface area contributed by atoms with Gasteiger partial charge in [-0.2, -0.15) is 0 Å². The van der Waals surface area contributed by atoms with Crippen molar-refractivity contribution in [1.82, 2.24) is 0 Å². The minimum Gasteiger partial charge on any atom is -0.462 e. The van der Waals surface area contributed by atoms with Crippen LogP contribution in [-0.2, 0) is 32.7 Å². The third-order valence-electron chi connectivity index (χ3n) is 10.1. The molecule has 2 atom stereocenters. The highest BCUT2D eigenvalue weighted by molar-refractivity contribution is 7.47. The molecule has 0 spiro atoms. The topological polar surface area (TPSA) is 108 Å². The minimum atomic E-state index is -4.39. The van der Waals surface area contributed by atoms with Gasteiger partial charge in [-0.25, -0.2) is 4.57 Å². The molecule has 59 heavy (non-hydrogen) atoms. The molecule has 10 heteroatoms. The summed E-state index contributed by atoms with van der Waals surface area (Å²) < 4.78 is 34.3. The van der Waals surface area contributed by atoms with E-state index in [4.69, 9.17) is 18.5 Å². The van der Waals surface area contributed by atoms with E-state index in [1.54, 1.807) is 0 Å². The first-order chi connectivity index (χ1) is 28.5. The van der Waals surface area contributed by atoms with Crippen molar-refractivity contribution in [2.45, 2.75) is 206 Å².